The van der Waals surface area contributed by atoms with Crippen molar-refractivity contribution in [1.82, 2.24) is 10.3 Å². The number of ether oxygens (including phenoxy) is 1. The number of thiophene rings is 1. The molecule has 0 fully saturated rings. The number of hydrogen-bond donors (Lipinski definition) is 2. The molecule has 1 aromatic carbocycles. The highest BCUT2D eigenvalue weighted by Crippen LogP contribution is 2.24. The number of benzene rings is 1. The first-order valence-corrected chi connectivity index (χ1v) is 9.11. The van der Waals surface area contributed by atoms with Gasteiger partial charge in [-0.05, 0) is 72.1 Å². The molecule has 3 aromatic rings. The largest absolute Gasteiger partial charge is 0.497 e. The molecular weight excluding hydrogens is 318 g/mol. The Morgan fingerprint density at radius 1 is 1.17 bits per heavy atom. The van der Waals surface area contributed by atoms with E-state index in [-0.39, 0.29) is 0 Å². The smallest absolute Gasteiger partial charge is 0.126 e. The molecule has 0 unspecified atom stereocenters. The second kappa shape index (κ2) is 8.13. The minimum atomic E-state index is 0.866. The SMILES string of the molecule is COc1ccc2nc(NCCCNCc3ccsc3)cc(C)c2c1. The second-order valence-electron chi connectivity index (χ2n) is 5.80. The van der Waals surface area contributed by atoms with E-state index >= 15 is 0 Å². The van der Waals surface area contributed by atoms with Gasteiger partial charge in [0, 0.05) is 18.5 Å². The standard InChI is InChI=1S/C19H23N3OS/c1-14-10-19(22-18-5-4-16(23-2)11-17(14)18)21-8-3-7-20-12-15-6-9-24-13-15/h4-6,9-11,13,20H,3,7-8,12H2,1-2H3,(H,21,22). The second-order valence-corrected chi connectivity index (χ2v) is 6.58. The summed E-state index contributed by atoms with van der Waals surface area (Å²) in [5, 5.41) is 12.3. The molecule has 126 valence electrons. The van der Waals surface area contributed by atoms with Crippen LogP contribution in [0.15, 0.2) is 41.1 Å². The molecule has 5 heteroatoms. The molecule has 2 N–H and O–H groups in total. The minimum absolute atomic E-state index is 0.866. The van der Waals surface area contributed by atoms with Crippen LogP contribution in [0, 0.1) is 6.92 Å². The van der Waals surface area contributed by atoms with Crippen LogP contribution in [0.3, 0.4) is 0 Å². The fourth-order valence-corrected chi connectivity index (χ4v) is 3.32. The first-order chi connectivity index (χ1) is 11.8. The molecule has 0 spiro atoms. The van der Waals surface area contributed by atoms with Crippen LogP contribution in [-0.4, -0.2) is 25.2 Å². The summed E-state index contributed by atoms with van der Waals surface area (Å²) < 4.78 is 5.29. The maximum absolute atomic E-state index is 5.29. The van der Waals surface area contributed by atoms with E-state index in [0.717, 1.165) is 48.5 Å². The minimum Gasteiger partial charge on any atom is -0.497 e. The Hall–Kier alpha value is -2.11. The molecule has 0 atom stereocenters. The lowest BCUT2D eigenvalue weighted by Crippen LogP contribution is -2.17. The van der Waals surface area contributed by atoms with Crippen molar-refractivity contribution in [3.8, 4) is 5.75 Å². The van der Waals surface area contributed by atoms with Gasteiger partial charge in [0.15, 0.2) is 0 Å². The third-order valence-corrected chi connectivity index (χ3v) is 4.70. The molecule has 2 aromatic heterocycles. The number of methoxy groups -OCH3 is 1. The van der Waals surface area contributed by atoms with Crippen LogP contribution >= 0.6 is 11.3 Å². The number of aryl methyl sites for hydroxylation is 1. The first-order valence-electron chi connectivity index (χ1n) is 8.17. The Balaban J connectivity index is 1.50. The van der Waals surface area contributed by atoms with Crippen molar-refractivity contribution in [1.29, 1.82) is 0 Å². The molecule has 0 aliphatic carbocycles. The van der Waals surface area contributed by atoms with Crippen LogP contribution in [0.4, 0.5) is 5.82 Å². The van der Waals surface area contributed by atoms with Gasteiger partial charge in [-0.1, -0.05) is 0 Å². The molecule has 2 heterocycles. The maximum Gasteiger partial charge on any atom is 0.126 e. The zero-order valence-electron chi connectivity index (χ0n) is 14.1. The zero-order chi connectivity index (χ0) is 16.8. The van der Waals surface area contributed by atoms with Crippen molar-refractivity contribution in [2.24, 2.45) is 0 Å². The Morgan fingerprint density at radius 3 is 2.88 bits per heavy atom. The molecular formula is C19H23N3OS. The summed E-state index contributed by atoms with van der Waals surface area (Å²) in [6, 6.07) is 10.3. The van der Waals surface area contributed by atoms with Crippen LogP contribution in [-0.2, 0) is 6.54 Å². The van der Waals surface area contributed by atoms with Crippen molar-refractivity contribution >= 4 is 28.1 Å². The molecule has 0 saturated heterocycles. The van der Waals surface area contributed by atoms with E-state index in [2.05, 4.69) is 45.4 Å². The van der Waals surface area contributed by atoms with Crippen LogP contribution in [0.25, 0.3) is 10.9 Å². The van der Waals surface area contributed by atoms with E-state index in [0.29, 0.717) is 0 Å². The maximum atomic E-state index is 5.29. The highest BCUT2D eigenvalue weighted by atomic mass is 32.1. The van der Waals surface area contributed by atoms with Crippen molar-refractivity contribution in [2.45, 2.75) is 19.9 Å². The van der Waals surface area contributed by atoms with Gasteiger partial charge in [0.25, 0.3) is 0 Å². The van der Waals surface area contributed by atoms with E-state index in [1.165, 1.54) is 11.1 Å². The van der Waals surface area contributed by atoms with E-state index in [1.807, 2.05) is 18.2 Å². The lowest BCUT2D eigenvalue weighted by Gasteiger charge is -2.10. The fraction of sp³-hybridized carbons (Fsp3) is 0.316. The summed E-state index contributed by atoms with van der Waals surface area (Å²) in [4.78, 5) is 4.68. The Morgan fingerprint density at radius 2 is 2.08 bits per heavy atom. The number of hydrogen-bond acceptors (Lipinski definition) is 5. The Bertz CT molecular complexity index is 787. The molecule has 0 aliphatic rings. The lowest BCUT2D eigenvalue weighted by molar-refractivity contribution is 0.415. The number of rotatable bonds is 8. The molecule has 0 saturated carbocycles. The number of nitrogens with one attached hydrogen (secondary N) is 2. The van der Waals surface area contributed by atoms with E-state index in [9.17, 15) is 0 Å². The van der Waals surface area contributed by atoms with Crippen LogP contribution in [0.5, 0.6) is 5.75 Å². The van der Waals surface area contributed by atoms with Gasteiger partial charge in [-0.15, -0.1) is 0 Å². The highest BCUT2D eigenvalue weighted by molar-refractivity contribution is 7.07. The van der Waals surface area contributed by atoms with Crippen LogP contribution < -0.4 is 15.4 Å². The van der Waals surface area contributed by atoms with Gasteiger partial charge in [0.05, 0.1) is 12.6 Å². The van der Waals surface area contributed by atoms with Gasteiger partial charge in [0.2, 0.25) is 0 Å². The zero-order valence-corrected chi connectivity index (χ0v) is 15.0. The van der Waals surface area contributed by atoms with E-state index < -0.39 is 0 Å². The average molecular weight is 341 g/mol. The Labute approximate surface area is 146 Å². The summed E-state index contributed by atoms with van der Waals surface area (Å²) in [5.41, 5.74) is 3.56. The number of aromatic nitrogens is 1. The summed E-state index contributed by atoms with van der Waals surface area (Å²) in [5.74, 6) is 1.80. The van der Waals surface area contributed by atoms with Gasteiger partial charge in [-0.3, -0.25) is 0 Å². The summed E-state index contributed by atoms with van der Waals surface area (Å²) >= 11 is 1.74. The summed E-state index contributed by atoms with van der Waals surface area (Å²) in [6.07, 6.45) is 1.06. The van der Waals surface area contributed by atoms with Crippen LogP contribution in [0.1, 0.15) is 17.5 Å². The summed E-state index contributed by atoms with van der Waals surface area (Å²) in [6.45, 7) is 4.95. The lowest BCUT2D eigenvalue weighted by atomic mass is 10.1. The molecule has 0 bridgehead atoms. The predicted molar refractivity (Wildman–Crippen MR) is 102 cm³/mol. The summed E-state index contributed by atoms with van der Waals surface area (Å²) in [7, 11) is 1.69. The number of anilines is 1. The van der Waals surface area contributed by atoms with Gasteiger partial charge in [-0.25, -0.2) is 4.98 Å². The van der Waals surface area contributed by atoms with Gasteiger partial charge >= 0.3 is 0 Å². The van der Waals surface area contributed by atoms with Crippen molar-refractivity contribution < 1.29 is 4.74 Å². The molecule has 24 heavy (non-hydrogen) atoms. The molecule has 3 rings (SSSR count). The predicted octanol–water partition coefficient (Wildman–Crippen LogP) is 4.21. The fourth-order valence-electron chi connectivity index (χ4n) is 2.65. The molecule has 0 radical (unpaired) electrons. The topological polar surface area (TPSA) is 46.2 Å². The van der Waals surface area contributed by atoms with Gasteiger partial charge in [-0.2, -0.15) is 11.3 Å². The van der Waals surface area contributed by atoms with Gasteiger partial charge < -0.3 is 15.4 Å². The monoisotopic (exact) mass is 341 g/mol. The van der Waals surface area contributed by atoms with Crippen molar-refractivity contribution in [3.05, 3.63) is 52.2 Å². The average Bonchev–Trinajstić information content (AvgIpc) is 3.11. The first kappa shape index (κ1) is 16.7. The normalized spacial score (nSPS) is 10.9. The third kappa shape index (κ3) is 4.24. The molecule has 0 amide bonds. The quantitative estimate of drug-likeness (QED) is 0.603. The van der Waals surface area contributed by atoms with Gasteiger partial charge in [0.1, 0.15) is 11.6 Å². The van der Waals surface area contributed by atoms with Crippen LogP contribution in [0.2, 0.25) is 0 Å². The van der Waals surface area contributed by atoms with E-state index in [1.54, 1.807) is 18.4 Å². The van der Waals surface area contributed by atoms with Crippen molar-refractivity contribution in [3.63, 3.8) is 0 Å². The molecule has 0 aliphatic heterocycles. The third-order valence-electron chi connectivity index (χ3n) is 3.97. The highest BCUT2D eigenvalue weighted by Gasteiger charge is 2.04. The number of pyridine rings is 1. The number of fused-ring (bicyclic) bond motifs is 1. The van der Waals surface area contributed by atoms with Crippen molar-refractivity contribution in [2.75, 3.05) is 25.5 Å². The molecule has 4 nitrogen and oxygen atoms in total. The Kier molecular flexibility index (Phi) is 5.67. The number of nitrogens with zero attached hydrogens (tertiary/aromatic N) is 1. The van der Waals surface area contributed by atoms with E-state index in [4.69, 9.17) is 4.74 Å².